The summed E-state index contributed by atoms with van der Waals surface area (Å²) in [7, 11) is 1.70. The molecule has 1 atom stereocenters. The molecule has 0 spiro atoms. The minimum atomic E-state index is -0.364. The number of ether oxygens (including phenoxy) is 1. The maximum atomic E-state index is 12.2. The number of para-hydroxylation sites is 1. The number of likely N-dealkylation sites (tertiary alicyclic amines) is 1. The summed E-state index contributed by atoms with van der Waals surface area (Å²) in [4.78, 5) is 25.3. The molecule has 1 aromatic carbocycles. The third-order valence-electron chi connectivity index (χ3n) is 3.94. The average molecular weight is 339 g/mol. The van der Waals surface area contributed by atoms with Gasteiger partial charge in [-0.25, -0.2) is 0 Å². The SMILES string of the molecule is CN1C[C@@H](NC(=O)c2ccc(COc3ccccc3C#N)o2)CC1=O. The molecule has 0 unspecified atom stereocenters. The average Bonchev–Trinajstić information content (AvgIpc) is 3.20. The number of rotatable bonds is 5. The Labute approximate surface area is 144 Å². The first kappa shape index (κ1) is 16.6. The fourth-order valence-electron chi connectivity index (χ4n) is 2.63. The number of hydrogen-bond donors (Lipinski definition) is 1. The molecule has 1 saturated heterocycles. The fourth-order valence-corrected chi connectivity index (χ4v) is 2.63. The Bertz CT molecular complexity index is 837. The zero-order valence-corrected chi connectivity index (χ0v) is 13.7. The molecule has 1 N–H and O–H groups in total. The summed E-state index contributed by atoms with van der Waals surface area (Å²) >= 11 is 0. The van der Waals surface area contributed by atoms with Crippen molar-refractivity contribution < 1.29 is 18.7 Å². The van der Waals surface area contributed by atoms with Gasteiger partial charge in [-0.15, -0.1) is 0 Å². The number of nitriles is 1. The number of carbonyl (C=O) groups is 2. The quantitative estimate of drug-likeness (QED) is 0.894. The number of carbonyl (C=O) groups excluding carboxylic acids is 2. The zero-order chi connectivity index (χ0) is 17.8. The first-order valence-corrected chi connectivity index (χ1v) is 7.82. The Hall–Kier alpha value is -3.27. The molecule has 1 fully saturated rings. The van der Waals surface area contributed by atoms with E-state index in [1.807, 2.05) is 0 Å². The molecule has 1 aliphatic rings. The van der Waals surface area contributed by atoms with Crippen LogP contribution in [0.5, 0.6) is 5.75 Å². The molecule has 0 bridgehead atoms. The van der Waals surface area contributed by atoms with Gasteiger partial charge >= 0.3 is 0 Å². The molecule has 2 heterocycles. The van der Waals surface area contributed by atoms with E-state index in [4.69, 9.17) is 14.4 Å². The molecule has 7 heteroatoms. The lowest BCUT2D eigenvalue weighted by Gasteiger charge is -2.11. The van der Waals surface area contributed by atoms with Crippen LogP contribution in [0.1, 0.15) is 28.3 Å². The molecule has 7 nitrogen and oxygen atoms in total. The molecule has 2 aromatic rings. The van der Waals surface area contributed by atoms with Gasteiger partial charge in [-0.2, -0.15) is 5.26 Å². The van der Waals surface area contributed by atoms with E-state index in [0.717, 1.165) is 0 Å². The smallest absolute Gasteiger partial charge is 0.287 e. The fraction of sp³-hybridized carbons (Fsp3) is 0.278. The van der Waals surface area contributed by atoms with Crippen LogP contribution in [0.4, 0.5) is 0 Å². The van der Waals surface area contributed by atoms with Gasteiger partial charge in [0.1, 0.15) is 24.2 Å². The predicted molar refractivity (Wildman–Crippen MR) is 87.7 cm³/mol. The standard InChI is InChI=1S/C18H17N3O4/c1-21-10-13(8-17(21)22)20-18(23)16-7-6-14(25-16)11-24-15-5-3-2-4-12(15)9-19/h2-7,13H,8,10-11H2,1H3,(H,20,23)/t13-/m0/s1. The Morgan fingerprint density at radius 2 is 2.20 bits per heavy atom. The van der Waals surface area contributed by atoms with E-state index in [1.165, 1.54) is 0 Å². The van der Waals surface area contributed by atoms with Gasteiger partial charge in [0, 0.05) is 20.0 Å². The van der Waals surface area contributed by atoms with E-state index in [2.05, 4.69) is 11.4 Å². The highest BCUT2D eigenvalue weighted by Crippen LogP contribution is 2.19. The van der Waals surface area contributed by atoms with Crippen molar-refractivity contribution in [2.45, 2.75) is 19.1 Å². The van der Waals surface area contributed by atoms with Crippen molar-refractivity contribution in [1.29, 1.82) is 5.26 Å². The van der Waals surface area contributed by atoms with Crippen molar-refractivity contribution >= 4 is 11.8 Å². The number of benzene rings is 1. The van der Waals surface area contributed by atoms with Gasteiger partial charge in [0.15, 0.2) is 5.76 Å². The van der Waals surface area contributed by atoms with Crippen molar-refractivity contribution in [2.75, 3.05) is 13.6 Å². The molecule has 128 valence electrons. The van der Waals surface area contributed by atoms with Crippen LogP contribution in [-0.2, 0) is 11.4 Å². The van der Waals surface area contributed by atoms with Crippen LogP contribution in [0.15, 0.2) is 40.8 Å². The molecule has 0 aliphatic carbocycles. The van der Waals surface area contributed by atoms with Gasteiger partial charge in [-0.05, 0) is 24.3 Å². The van der Waals surface area contributed by atoms with Crippen molar-refractivity contribution in [3.05, 3.63) is 53.5 Å². The van der Waals surface area contributed by atoms with E-state index in [1.54, 1.807) is 48.3 Å². The molecule has 3 rings (SSSR count). The van der Waals surface area contributed by atoms with E-state index < -0.39 is 0 Å². The minimum Gasteiger partial charge on any atom is -0.484 e. The third-order valence-corrected chi connectivity index (χ3v) is 3.94. The number of likely N-dealkylation sites (N-methyl/N-ethyl adjacent to an activating group) is 1. The molecular weight excluding hydrogens is 322 g/mol. The van der Waals surface area contributed by atoms with Gasteiger partial charge in [0.2, 0.25) is 5.91 Å². The van der Waals surface area contributed by atoms with Gasteiger partial charge < -0.3 is 19.4 Å². The Balaban J connectivity index is 1.58. The second-order valence-electron chi connectivity index (χ2n) is 5.81. The first-order valence-electron chi connectivity index (χ1n) is 7.82. The Kier molecular flexibility index (Phi) is 4.70. The van der Waals surface area contributed by atoms with E-state index in [-0.39, 0.29) is 30.2 Å². The third kappa shape index (κ3) is 3.80. The number of nitrogens with one attached hydrogen (secondary N) is 1. The highest BCUT2D eigenvalue weighted by atomic mass is 16.5. The number of nitrogens with zero attached hydrogens (tertiary/aromatic N) is 2. The van der Waals surface area contributed by atoms with Gasteiger partial charge in [-0.3, -0.25) is 9.59 Å². The van der Waals surface area contributed by atoms with Crippen LogP contribution in [0, 0.1) is 11.3 Å². The molecule has 0 saturated carbocycles. The zero-order valence-electron chi connectivity index (χ0n) is 13.7. The summed E-state index contributed by atoms with van der Waals surface area (Å²) in [5.41, 5.74) is 0.432. The second kappa shape index (κ2) is 7.09. The Morgan fingerprint density at radius 3 is 2.92 bits per heavy atom. The number of amides is 2. The summed E-state index contributed by atoms with van der Waals surface area (Å²) in [5, 5.41) is 11.8. The number of hydrogen-bond acceptors (Lipinski definition) is 5. The number of furan rings is 1. The van der Waals surface area contributed by atoms with Crippen LogP contribution in [0.2, 0.25) is 0 Å². The molecule has 2 amide bonds. The monoisotopic (exact) mass is 339 g/mol. The predicted octanol–water partition coefficient (Wildman–Crippen LogP) is 1.69. The Morgan fingerprint density at radius 1 is 1.40 bits per heavy atom. The van der Waals surface area contributed by atoms with Gasteiger partial charge in [-0.1, -0.05) is 12.1 Å². The summed E-state index contributed by atoms with van der Waals surface area (Å²) in [6, 6.07) is 11.9. The largest absolute Gasteiger partial charge is 0.484 e. The lowest BCUT2D eigenvalue weighted by Crippen LogP contribution is -2.36. The van der Waals surface area contributed by atoms with Crippen LogP contribution in [0.25, 0.3) is 0 Å². The second-order valence-corrected chi connectivity index (χ2v) is 5.81. The van der Waals surface area contributed by atoms with Crippen molar-refractivity contribution in [1.82, 2.24) is 10.2 Å². The molecule has 0 radical (unpaired) electrons. The van der Waals surface area contributed by atoms with Crippen LogP contribution >= 0.6 is 0 Å². The van der Waals surface area contributed by atoms with Crippen LogP contribution in [-0.4, -0.2) is 36.3 Å². The van der Waals surface area contributed by atoms with E-state index in [9.17, 15) is 9.59 Å². The highest BCUT2D eigenvalue weighted by molar-refractivity contribution is 5.92. The maximum absolute atomic E-state index is 12.2. The lowest BCUT2D eigenvalue weighted by molar-refractivity contribution is -0.126. The minimum absolute atomic E-state index is 0.00925. The van der Waals surface area contributed by atoms with E-state index in [0.29, 0.717) is 30.0 Å². The summed E-state index contributed by atoms with van der Waals surface area (Å²) in [5.74, 6) is 0.735. The summed E-state index contributed by atoms with van der Waals surface area (Å²) < 4.78 is 11.1. The maximum Gasteiger partial charge on any atom is 0.287 e. The topological polar surface area (TPSA) is 95.6 Å². The molecule has 1 aliphatic heterocycles. The lowest BCUT2D eigenvalue weighted by atomic mass is 10.2. The van der Waals surface area contributed by atoms with Gasteiger partial charge in [0.05, 0.1) is 11.6 Å². The summed E-state index contributed by atoms with van der Waals surface area (Å²) in [6.45, 7) is 0.600. The molecular formula is C18H17N3O4. The normalized spacial score (nSPS) is 16.6. The molecule has 1 aromatic heterocycles. The van der Waals surface area contributed by atoms with Crippen LogP contribution < -0.4 is 10.1 Å². The van der Waals surface area contributed by atoms with Crippen LogP contribution in [0.3, 0.4) is 0 Å². The summed E-state index contributed by atoms with van der Waals surface area (Å²) in [6.07, 6.45) is 0.295. The highest BCUT2D eigenvalue weighted by Gasteiger charge is 2.28. The van der Waals surface area contributed by atoms with Crippen molar-refractivity contribution in [3.8, 4) is 11.8 Å². The van der Waals surface area contributed by atoms with Crippen molar-refractivity contribution in [3.63, 3.8) is 0 Å². The molecule has 25 heavy (non-hydrogen) atoms. The van der Waals surface area contributed by atoms with Gasteiger partial charge in [0.25, 0.3) is 5.91 Å². The van der Waals surface area contributed by atoms with E-state index >= 15 is 0 Å². The first-order chi connectivity index (χ1) is 12.1. The van der Waals surface area contributed by atoms with Crippen molar-refractivity contribution in [2.24, 2.45) is 0 Å².